The van der Waals surface area contributed by atoms with Gasteiger partial charge < -0.3 is 9.47 Å². The van der Waals surface area contributed by atoms with Crippen LogP contribution in [0, 0.1) is 0 Å². The fourth-order valence-corrected chi connectivity index (χ4v) is 1.71. The highest BCUT2D eigenvalue weighted by Gasteiger charge is 2.18. The molecule has 1 aromatic rings. The molecule has 1 aliphatic rings. The summed E-state index contributed by atoms with van der Waals surface area (Å²) in [5.41, 5.74) is 2.05. The Morgan fingerprint density at radius 1 is 1.39 bits per heavy atom. The van der Waals surface area contributed by atoms with Gasteiger partial charge in [-0.25, -0.2) is 9.59 Å². The van der Waals surface area contributed by atoms with E-state index >= 15 is 0 Å². The van der Waals surface area contributed by atoms with Crippen LogP contribution in [0.2, 0.25) is 0 Å². The predicted molar refractivity (Wildman–Crippen MR) is 66.0 cm³/mol. The molecule has 0 radical (unpaired) electrons. The van der Waals surface area contributed by atoms with Crippen LogP contribution in [0.3, 0.4) is 0 Å². The molecule has 1 aliphatic heterocycles. The lowest BCUT2D eigenvalue weighted by Gasteiger charge is -2.02. The minimum atomic E-state index is -0.336. The van der Waals surface area contributed by atoms with Crippen LogP contribution in [0.5, 0.6) is 0 Å². The molecule has 0 aromatic heterocycles. The Labute approximate surface area is 105 Å². The largest absolute Gasteiger partial charge is 0.462 e. The number of hydrogen-bond acceptors (Lipinski definition) is 4. The summed E-state index contributed by atoms with van der Waals surface area (Å²) in [7, 11) is 0. The molecule has 1 heterocycles. The zero-order valence-corrected chi connectivity index (χ0v) is 10.1. The number of cyclic esters (lactones) is 1. The minimum Gasteiger partial charge on any atom is -0.462 e. The number of benzene rings is 1. The molecular weight excluding hydrogens is 232 g/mol. The zero-order valence-electron chi connectivity index (χ0n) is 10.1. The van der Waals surface area contributed by atoms with E-state index in [9.17, 15) is 9.59 Å². The van der Waals surface area contributed by atoms with Gasteiger partial charge in [-0.3, -0.25) is 0 Å². The molecule has 0 atom stereocenters. The first-order valence-electron chi connectivity index (χ1n) is 5.85. The number of ether oxygens (including phenoxy) is 2. The highest BCUT2D eigenvalue weighted by atomic mass is 16.5. The second-order valence-corrected chi connectivity index (χ2v) is 3.90. The molecule has 0 saturated carbocycles. The van der Waals surface area contributed by atoms with Gasteiger partial charge in [0.05, 0.1) is 18.8 Å². The monoisotopic (exact) mass is 246 g/mol. The highest BCUT2D eigenvalue weighted by molar-refractivity contribution is 5.95. The molecule has 1 fully saturated rings. The number of carbonyl (C=O) groups excluding carboxylic acids is 2. The fraction of sp³-hybridized carbons (Fsp3) is 0.286. The molecule has 18 heavy (non-hydrogen) atoms. The number of esters is 2. The van der Waals surface area contributed by atoms with Gasteiger partial charge in [0.25, 0.3) is 0 Å². The molecule has 0 unspecified atom stereocenters. The van der Waals surface area contributed by atoms with Crippen LogP contribution in [0.15, 0.2) is 29.8 Å². The Hall–Kier alpha value is -2.10. The quantitative estimate of drug-likeness (QED) is 0.606. The van der Waals surface area contributed by atoms with Gasteiger partial charge in [-0.05, 0) is 30.7 Å². The Morgan fingerprint density at radius 3 is 2.67 bits per heavy atom. The lowest BCUT2D eigenvalue weighted by molar-refractivity contribution is -0.134. The van der Waals surface area contributed by atoms with Crippen LogP contribution in [0.25, 0.3) is 6.08 Å². The average molecular weight is 246 g/mol. The van der Waals surface area contributed by atoms with Gasteiger partial charge in [-0.15, -0.1) is 0 Å². The molecule has 0 spiro atoms. The second kappa shape index (κ2) is 5.49. The van der Waals surface area contributed by atoms with Crippen molar-refractivity contribution in [2.24, 2.45) is 0 Å². The van der Waals surface area contributed by atoms with E-state index in [1.54, 1.807) is 37.3 Å². The molecule has 2 rings (SSSR count). The lowest BCUT2D eigenvalue weighted by Crippen LogP contribution is -2.04. The number of rotatable bonds is 3. The number of carbonyl (C=O) groups is 2. The standard InChI is InChI=1S/C14H14O4/c1-2-17-13(15)11-5-3-10(4-6-11)9-12-7-8-18-14(12)16/h3-6,9H,2,7-8H2,1H3/b12-9+. The van der Waals surface area contributed by atoms with E-state index < -0.39 is 0 Å². The van der Waals surface area contributed by atoms with Crippen LogP contribution in [-0.4, -0.2) is 25.2 Å². The Bertz CT molecular complexity index is 485. The summed E-state index contributed by atoms with van der Waals surface area (Å²) >= 11 is 0. The minimum absolute atomic E-state index is 0.260. The second-order valence-electron chi connectivity index (χ2n) is 3.90. The van der Waals surface area contributed by atoms with E-state index in [4.69, 9.17) is 9.47 Å². The summed E-state index contributed by atoms with van der Waals surface area (Å²) in [5.74, 6) is -0.596. The summed E-state index contributed by atoms with van der Waals surface area (Å²) < 4.78 is 9.74. The molecule has 0 N–H and O–H groups in total. The third-order valence-electron chi connectivity index (χ3n) is 2.63. The average Bonchev–Trinajstić information content (AvgIpc) is 2.76. The summed E-state index contributed by atoms with van der Waals surface area (Å²) in [6.07, 6.45) is 2.42. The SMILES string of the molecule is CCOC(=O)c1ccc(/C=C2\CCOC2=O)cc1. The van der Waals surface area contributed by atoms with Crippen molar-refractivity contribution in [2.75, 3.05) is 13.2 Å². The van der Waals surface area contributed by atoms with Crippen LogP contribution >= 0.6 is 0 Å². The first-order chi connectivity index (χ1) is 8.70. The maximum absolute atomic E-state index is 11.4. The topological polar surface area (TPSA) is 52.6 Å². The van der Waals surface area contributed by atoms with Crippen LogP contribution in [0.1, 0.15) is 29.3 Å². The Kier molecular flexibility index (Phi) is 3.77. The van der Waals surface area contributed by atoms with E-state index in [0.717, 1.165) is 5.56 Å². The molecule has 1 aromatic carbocycles. The van der Waals surface area contributed by atoms with Crippen LogP contribution < -0.4 is 0 Å². The number of hydrogen-bond donors (Lipinski definition) is 0. The molecular formula is C14H14O4. The van der Waals surface area contributed by atoms with Gasteiger partial charge in [0.2, 0.25) is 0 Å². The summed E-state index contributed by atoms with van der Waals surface area (Å²) in [6.45, 7) is 2.57. The maximum atomic E-state index is 11.4. The van der Waals surface area contributed by atoms with Gasteiger partial charge in [-0.1, -0.05) is 12.1 Å². The van der Waals surface area contributed by atoms with E-state index in [1.165, 1.54) is 0 Å². The predicted octanol–water partition coefficient (Wildman–Crippen LogP) is 2.19. The van der Waals surface area contributed by atoms with Crippen molar-refractivity contribution < 1.29 is 19.1 Å². The molecule has 0 bridgehead atoms. The van der Waals surface area contributed by atoms with Gasteiger partial charge in [-0.2, -0.15) is 0 Å². The normalized spacial score (nSPS) is 16.7. The molecule has 1 saturated heterocycles. The molecule has 4 heteroatoms. The van der Waals surface area contributed by atoms with Crippen LogP contribution in [0.4, 0.5) is 0 Å². The maximum Gasteiger partial charge on any atom is 0.338 e. The fourth-order valence-electron chi connectivity index (χ4n) is 1.71. The molecule has 0 amide bonds. The van der Waals surface area contributed by atoms with E-state index in [2.05, 4.69) is 0 Å². The van der Waals surface area contributed by atoms with Gasteiger partial charge in [0.15, 0.2) is 0 Å². The van der Waals surface area contributed by atoms with Crippen molar-refractivity contribution in [3.05, 3.63) is 41.0 Å². The van der Waals surface area contributed by atoms with Gasteiger partial charge in [0, 0.05) is 12.0 Å². The zero-order chi connectivity index (χ0) is 13.0. The van der Waals surface area contributed by atoms with Gasteiger partial charge >= 0.3 is 11.9 Å². The highest BCUT2D eigenvalue weighted by Crippen LogP contribution is 2.17. The third kappa shape index (κ3) is 2.77. The van der Waals surface area contributed by atoms with Gasteiger partial charge in [0.1, 0.15) is 0 Å². The molecule has 4 nitrogen and oxygen atoms in total. The summed E-state index contributed by atoms with van der Waals surface area (Å²) in [6, 6.07) is 6.94. The lowest BCUT2D eigenvalue weighted by atomic mass is 10.1. The van der Waals surface area contributed by atoms with E-state index in [-0.39, 0.29) is 11.9 Å². The first kappa shape index (κ1) is 12.4. The summed E-state index contributed by atoms with van der Waals surface area (Å²) in [4.78, 5) is 22.7. The van der Waals surface area contributed by atoms with Crippen molar-refractivity contribution in [1.82, 2.24) is 0 Å². The third-order valence-corrected chi connectivity index (χ3v) is 2.63. The van der Waals surface area contributed by atoms with E-state index in [1.807, 2.05) is 0 Å². The molecule has 94 valence electrons. The van der Waals surface area contributed by atoms with Crippen molar-refractivity contribution in [3.8, 4) is 0 Å². The smallest absolute Gasteiger partial charge is 0.338 e. The first-order valence-corrected chi connectivity index (χ1v) is 5.85. The van der Waals surface area contributed by atoms with Crippen LogP contribution in [-0.2, 0) is 14.3 Å². The van der Waals surface area contributed by atoms with E-state index in [0.29, 0.717) is 30.8 Å². The van der Waals surface area contributed by atoms with Crippen molar-refractivity contribution in [3.63, 3.8) is 0 Å². The van der Waals surface area contributed by atoms with Crippen molar-refractivity contribution in [2.45, 2.75) is 13.3 Å². The van der Waals surface area contributed by atoms with Crippen molar-refractivity contribution in [1.29, 1.82) is 0 Å². The van der Waals surface area contributed by atoms with Crippen molar-refractivity contribution >= 4 is 18.0 Å². The molecule has 0 aliphatic carbocycles. The summed E-state index contributed by atoms with van der Waals surface area (Å²) in [5, 5.41) is 0. The Morgan fingerprint density at radius 2 is 2.11 bits per heavy atom. The Balaban J connectivity index is 2.13.